The van der Waals surface area contributed by atoms with Crippen molar-refractivity contribution in [3.8, 4) is 5.75 Å². The zero-order chi connectivity index (χ0) is 18.6. The molecule has 1 amide bonds. The highest BCUT2D eigenvalue weighted by Crippen LogP contribution is 2.32. The molecule has 0 bridgehead atoms. The molecule has 3 atom stereocenters. The number of hydrogen-bond donors (Lipinski definition) is 2. The van der Waals surface area contributed by atoms with Crippen LogP contribution in [0.2, 0.25) is 0 Å². The molecule has 3 heterocycles. The van der Waals surface area contributed by atoms with Crippen LogP contribution in [0.4, 0.5) is 0 Å². The monoisotopic (exact) mass is 366 g/mol. The van der Waals surface area contributed by atoms with Gasteiger partial charge in [0.2, 0.25) is 5.91 Å². The van der Waals surface area contributed by atoms with Gasteiger partial charge in [-0.1, -0.05) is 18.2 Å². The minimum absolute atomic E-state index is 0.117. The summed E-state index contributed by atoms with van der Waals surface area (Å²) in [5, 5.41) is 0. The molecule has 2 fully saturated rings. The predicted molar refractivity (Wildman–Crippen MR) is 103 cm³/mol. The Labute approximate surface area is 159 Å². The van der Waals surface area contributed by atoms with E-state index in [1.165, 1.54) is 0 Å². The van der Waals surface area contributed by atoms with Gasteiger partial charge in [-0.25, -0.2) is 10.9 Å². The second-order valence-corrected chi connectivity index (χ2v) is 7.23. The average molecular weight is 366 g/mol. The minimum Gasteiger partial charge on any atom is -0.497 e. The normalized spacial score (nSPS) is 25.4. The third-order valence-corrected chi connectivity index (χ3v) is 5.57. The van der Waals surface area contributed by atoms with Crippen LogP contribution in [0.25, 0.3) is 0 Å². The number of carbonyl (C=O) groups excluding carboxylic acids is 1. The van der Waals surface area contributed by atoms with Crippen molar-refractivity contribution in [2.75, 3.05) is 13.7 Å². The second kappa shape index (κ2) is 8.06. The first kappa shape index (κ1) is 17.9. The van der Waals surface area contributed by atoms with Gasteiger partial charge in [-0.2, -0.15) is 0 Å². The summed E-state index contributed by atoms with van der Waals surface area (Å²) >= 11 is 0. The molecule has 0 saturated carbocycles. The van der Waals surface area contributed by atoms with Crippen LogP contribution < -0.4 is 15.6 Å². The largest absolute Gasteiger partial charge is 0.497 e. The van der Waals surface area contributed by atoms with Crippen molar-refractivity contribution in [3.63, 3.8) is 0 Å². The number of piperidine rings is 1. The molecule has 0 aliphatic carbocycles. The molecule has 1 aromatic carbocycles. The third kappa shape index (κ3) is 3.82. The number of pyridine rings is 1. The van der Waals surface area contributed by atoms with Crippen molar-refractivity contribution in [2.45, 2.75) is 43.8 Å². The first-order valence-electron chi connectivity index (χ1n) is 9.61. The maximum Gasteiger partial charge on any atom is 0.241 e. The van der Waals surface area contributed by atoms with Gasteiger partial charge in [0.05, 0.1) is 13.2 Å². The molecule has 27 heavy (non-hydrogen) atoms. The third-order valence-electron chi connectivity index (χ3n) is 5.57. The number of aromatic nitrogens is 1. The fourth-order valence-electron chi connectivity index (χ4n) is 4.09. The van der Waals surface area contributed by atoms with Crippen LogP contribution >= 0.6 is 0 Å². The van der Waals surface area contributed by atoms with Gasteiger partial charge in [0.15, 0.2) is 0 Å². The van der Waals surface area contributed by atoms with Crippen molar-refractivity contribution in [2.24, 2.45) is 0 Å². The van der Waals surface area contributed by atoms with E-state index >= 15 is 0 Å². The molecule has 2 aliphatic rings. The zero-order valence-corrected chi connectivity index (χ0v) is 15.6. The summed E-state index contributed by atoms with van der Waals surface area (Å²) in [6, 6.07) is 12.0. The highest BCUT2D eigenvalue weighted by molar-refractivity contribution is 5.82. The smallest absolute Gasteiger partial charge is 0.241 e. The van der Waals surface area contributed by atoms with Crippen LogP contribution in [0, 0.1) is 0 Å². The number of benzene rings is 1. The number of amides is 1. The molecular weight excluding hydrogens is 340 g/mol. The highest BCUT2D eigenvalue weighted by Gasteiger charge is 2.36. The quantitative estimate of drug-likeness (QED) is 0.871. The molecule has 0 spiro atoms. The van der Waals surface area contributed by atoms with E-state index in [-0.39, 0.29) is 24.0 Å². The molecule has 2 unspecified atom stereocenters. The van der Waals surface area contributed by atoms with E-state index in [0.29, 0.717) is 0 Å². The molecule has 1 aromatic heterocycles. The zero-order valence-electron chi connectivity index (χ0n) is 15.6. The van der Waals surface area contributed by atoms with Gasteiger partial charge >= 0.3 is 0 Å². The van der Waals surface area contributed by atoms with E-state index in [0.717, 1.165) is 49.1 Å². The van der Waals surface area contributed by atoms with Crippen molar-refractivity contribution in [1.82, 2.24) is 20.7 Å². The molecule has 0 radical (unpaired) electrons. The Kier molecular flexibility index (Phi) is 5.36. The average Bonchev–Trinajstić information content (AvgIpc) is 3.24. The summed E-state index contributed by atoms with van der Waals surface area (Å²) in [6.07, 6.45) is 7.61. The standard InChI is InChI=1S/C21H26N4O2/c1-27-17-9-7-15(8-10-17)18-13-19(24-23-18)21(26)25-12-3-2-6-20(25)16-5-4-11-22-14-16/h4-5,7-11,14,18-20,23-24H,2-3,6,12-13H2,1H3/t18?,19?,20-/m1/s1. The molecule has 2 aliphatic heterocycles. The molecule has 142 valence electrons. The van der Waals surface area contributed by atoms with Crippen LogP contribution in [0.5, 0.6) is 5.75 Å². The van der Waals surface area contributed by atoms with Crippen LogP contribution in [0.1, 0.15) is 48.9 Å². The van der Waals surface area contributed by atoms with Gasteiger partial charge in [-0.15, -0.1) is 0 Å². The number of likely N-dealkylation sites (tertiary alicyclic amines) is 1. The van der Waals surface area contributed by atoms with Crippen LogP contribution in [0.3, 0.4) is 0 Å². The van der Waals surface area contributed by atoms with Gasteiger partial charge in [0.25, 0.3) is 0 Å². The van der Waals surface area contributed by atoms with E-state index < -0.39 is 0 Å². The van der Waals surface area contributed by atoms with Gasteiger partial charge in [0, 0.05) is 25.0 Å². The lowest BCUT2D eigenvalue weighted by Crippen LogP contribution is -2.48. The summed E-state index contributed by atoms with van der Waals surface area (Å²) in [5.41, 5.74) is 8.78. The molecular formula is C21H26N4O2. The molecule has 6 nitrogen and oxygen atoms in total. The summed E-state index contributed by atoms with van der Waals surface area (Å²) in [4.78, 5) is 19.5. The number of hydrazine groups is 1. The van der Waals surface area contributed by atoms with Crippen molar-refractivity contribution in [3.05, 3.63) is 59.9 Å². The maximum absolute atomic E-state index is 13.2. The van der Waals surface area contributed by atoms with Crippen molar-refractivity contribution >= 4 is 5.91 Å². The van der Waals surface area contributed by atoms with Gasteiger partial charge in [-0.3, -0.25) is 9.78 Å². The Bertz CT molecular complexity index is 766. The maximum atomic E-state index is 13.2. The number of hydrogen-bond acceptors (Lipinski definition) is 5. The van der Waals surface area contributed by atoms with Gasteiger partial charge < -0.3 is 9.64 Å². The van der Waals surface area contributed by atoms with E-state index in [2.05, 4.69) is 21.9 Å². The fraction of sp³-hybridized carbons (Fsp3) is 0.429. The summed E-state index contributed by atoms with van der Waals surface area (Å²) in [6.45, 7) is 0.809. The van der Waals surface area contributed by atoms with Crippen LogP contribution in [-0.4, -0.2) is 35.5 Å². The van der Waals surface area contributed by atoms with E-state index in [4.69, 9.17) is 4.74 Å². The number of carbonyl (C=O) groups is 1. The van der Waals surface area contributed by atoms with Crippen LogP contribution in [-0.2, 0) is 4.79 Å². The van der Waals surface area contributed by atoms with Crippen molar-refractivity contribution < 1.29 is 9.53 Å². The molecule has 4 rings (SSSR count). The molecule has 2 aromatic rings. The minimum atomic E-state index is -0.214. The number of nitrogens with zero attached hydrogens (tertiary/aromatic N) is 2. The second-order valence-electron chi connectivity index (χ2n) is 7.23. The number of ether oxygens (including phenoxy) is 1. The SMILES string of the molecule is COc1ccc(C2CC(C(=O)N3CCCC[C@@H]3c3cccnc3)NN2)cc1. The van der Waals surface area contributed by atoms with E-state index in [9.17, 15) is 4.79 Å². The summed E-state index contributed by atoms with van der Waals surface area (Å²) < 4.78 is 5.22. The molecule has 6 heteroatoms. The predicted octanol–water partition coefficient (Wildman–Crippen LogP) is 2.75. The summed E-state index contributed by atoms with van der Waals surface area (Å²) in [5.74, 6) is 1.01. The molecule has 2 N–H and O–H groups in total. The summed E-state index contributed by atoms with van der Waals surface area (Å²) in [7, 11) is 1.66. The Morgan fingerprint density at radius 2 is 2.00 bits per heavy atom. The van der Waals surface area contributed by atoms with Gasteiger partial charge in [0.1, 0.15) is 11.8 Å². The first-order valence-corrected chi connectivity index (χ1v) is 9.61. The number of rotatable bonds is 4. The first-order chi connectivity index (χ1) is 13.3. The van der Waals surface area contributed by atoms with Crippen LogP contribution in [0.15, 0.2) is 48.8 Å². The number of nitrogens with one attached hydrogen (secondary N) is 2. The lowest BCUT2D eigenvalue weighted by atomic mass is 9.94. The van der Waals surface area contributed by atoms with Crippen molar-refractivity contribution in [1.29, 1.82) is 0 Å². The topological polar surface area (TPSA) is 66.5 Å². The Balaban J connectivity index is 1.45. The van der Waals surface area contributed by atoms with E-state index in [1.54, 1.807) is 13.3 Å². The number of methoxy groups -OCH3 is 1. The lowest BCUT2D eigenvalue weighted by Gasteiger charge is -2.37. The van der Waals surface area contributed by atoms with E-state index in [1.807, 2.05) is 41.4 Å². The Morgan fingerprint density at radius 3 is 2.74 bits per heavy atom. The Hall–Kier alpha value is -2.44. The Morgan fingerprint density at radius 1 is 1.15 bits per heavy atom. The fourth-order valence-corrected chi connectivity index (χ4v) is 4.09. The lowest BCUT2D eigenvalue weighted by molar-refractivity contribution is -0.137. The molecule has 2 saturated heterocycles. The van der Waals surface area contributed by atoms with Gasteiger partial charge in [-0.05, 0) is 55.0 Å². The highest BCUT2D eigenvalue weighted by atomic mass is 16.5.